The number of amides is 1. The Hall–Kier alpha value is -1.40. The van der Waals surface area contributed by atoms with Crippen molar-refractivity contribution in [2.75, 3.05) is 6.54 Å². The lowest BCUT2D eigenvalue weighted by atomic mass is 10.1. The van der Waals surface area contributed by atoms with Crippen LogP contribution < -0.4 is 5.73 Å². The second-order valence-electron chi connectivity index (χ2n) is 4.11. The van der Waals surface area contributed by atoms with E-state index in [9.17, 15) is 9.59 Å². The van der Waals surface area contributed by atoms with Crippen molar-refractivity contribution < 1.29 is 14.7 Å². The van der Waals surface area contributed by atoms with Crippen molar-refractivity contribution in [3.8, 4) is 0 Å². The highest BCUT2D eigenvalue weighted by Crippen LogP contribution is 2.20. The lowest BCUT2D eigenvalue weighted by Crippen LogP contribution is -2.46. The van der Waals surface area contributed by atoms with Crippen LogP contribution in [-0.2, 0) is 9.59 Å². The summed E-state index contributed by atoms with van der Waals surface area (Å²) in [5, 5.41) is 10.7. The lowest BCUT2D eigenvalue weighted by molar-refractivity contribution is -0.146. The molecule has 1 aromatic heterocycles. The van der Waals surface area contributed by atoms with Gasteiger partial charge in [-0.3, -0.25) is 9.59 Å². The molecule has 2 atom stereocenters. The van der Waals surface area contributed by atoms with Gasteiger partial charge in [0.15, 0.2) is 0 Å². The Labute approximate surface area is 110 Å². The summed E-state index contributed by atoms with van der Waals surface area (Å²) in [6.07, 6.45) is 0.691. The molecule has 0 saturated carbocycles. The number of nitrogens with zero attached hydrogens (tertiary/aromatic N) is 1. The third-order valence-electron chi connectivity index (χ3n) is 2.83. The van der Waals surface area contributed by atoms with Gasteiger partial charge in [-0.2, -0.15) is 0 Å². The summed E-state index contributed by atoms with van der Waals surface area (Å²) in [7, 11) is 0. The summed E-state index contributed by atoms with van der Waals surface area (Å²) in [4.78, 5) is 25.1. The summed E-state index contributed by atoms with van der Waals surface area (Å²) in [6.45, 7) is 3.42. The van der Waals surface area contributed by atoms with Crippen LogP contribution in [-0.4, -0.2) is 34.5 Å². The number of rotatable bonds is 6. The van der Waals surface area contributed by atoms with Crippen LogP contribution in [0.2, 0.25) is 0 Å². The number of carbonyl (C=O) groups excluding carboxylic acids is 1. The van der Waals surface area contributed by atoms with E-state index >= 15 is 0 Å². The van der Waals surface area contributed by atoms with Crippen molar-refractivity contribution in [3.05, 3.63) is 22.4 Å². The predicted molar refractivity (Wildman–Crippen MR) is 70.3 cm³/mol. The maximum absolute atomic E-state index is 12.2. The van der Waals surface area contributed by atoms with Crippen LogP contribution in [0.5, 0.6) is 0 Å². The Kier molecular flexibility index (Phi) is 5.30. The standard InChI is InChI=1S/C12H18N2O3S/c1-3-8(2)14(7-10(15)16)12(17)11(13)9-5-4-6-18-9/h4-6,8,11H,3,7,13H2,1-2H3,(H,15,16). The monoisotopic (exact) mass is 270 g/mol. The highest BCUT2D eigenvalue weighted by atomic mass is 32.1. The maximum Gasteiger partial charge on any atom is 0.323 e. The molecule has 6 heteroatoms. The molecule has 5 nitrogen and oxygen atoms in total. The van der Waals surface area contributed by atoms with E-state index in [1.165, 1.54) is 16.2 Å². The second kappa shape index (κ2) is 6.51. The number of carboxylic acids is 1. The van der Waals surface area contributed by atoms with E-state index in [0.717, 1.165) is 4.88 Å². The molecule has 0 aliphatic carbocycles. The van der Waals surface area contributed by atoms with Crippen molar-refractivity contribution in [1.82, 2.24) is 4.90 Å². The highest BCUT2D eigenvalue weighted by molar-refractivity contribution is 7.10. The molecule has 2 unspecified atom stereocenters. The average molecular weight is 270 g/mol. The summed E-state index contributed by atoms with van der Waals surface area (Å²) in [5.41, 5.74) is 5.88. The second-order valence-corrected chi connectivity index (χ2v) is 5.09. The first-order valence-corrected chi connectivity index (χ1v) is 6.66. The first kappa shape index (κ1) is 14.7. The van der Waals surface area contributed by atoms with Crippen LogP contribution in [0.3, 0.4) is 0 Å². The molecule has 0 fully saturated rings. The van der Waals surface area contributed by atoms with E-state index in [1.807, 2.05) is 25.3 Å². The minimum Gasteiger partial charge on any atom is -0.480 e. The molecule has 0 spiro atoms. The first-order chi connectivity index (χ1) is 8.47. The van der Waals surface area contributed by atoms with Gasteiger partial charge in [0.2, 0.25) is 5.91 Å². The zero-order chi connectivity index (χ0) is 13.7. The summed E-state index contributed by atoms with van der Waals surface area (Å²) in [6, 6.07) is 2.68. The maximum atomic E-state index is 12.2. The number of hydrogen-bond donors (Lipinski definition) is 2. The number of nitrogens with two attached hydrogens (primary N) is 1. The van der Waals surface area contributed by atoms with Crippen molar-refractivity contribution >= 4 is 23.2 Å². The summed E-state index contributed by atoms with van der Waals surface area (Å²) in [5.74, 6) is -1.36. The van der Waals surface area contributed by atoms with Gasteiger partial charge in [-0.1, -0.05) is 13.0 Å². The Balaban J connectivity index is 2.84. The van der Waals surface area contributed by atoms with Gasteiger partial charge >= 0.3 is 5.97 Å². The molecule has 1 aromatic rings. The molecule has 1 rings (SSSR count). The Bertz CT molecular complexity index is 405. The third kappa shape index (κ3) is 3.54. The molecule has 18 heavy (non-hydrogen) atoms. The molecular weight excluding hydrogens is 252 g/mol. The van der Waals surface area contributed by atoms with Gasteiger partial charge in [-0.15, -0.1) is 11.3 Å². The smallest absolute Gasteiger partial charge is 0.323 e. The molecule has 0 aliphatic rings. The van der Waals surface area contributed by atoms with Gasteiger partial charge in [0.25, 0.3) is 0 Å². The van der Waals surface area contributed by atoms with Crippen LogP contribution in [0, 0.1) is 0 Å². The normalized spacial score (nSPS) is 13.9. The summed E-state index contributed by atoms with van der Waals surface area (Å²) >= 11 is 1.40. The zero-order valence-corrected chi connectivity index (χ0v) is 11.3. The molecule has 3 N–H and O–H groups in total. The third-order valence-corrected chi connectivity index (χ3v) is 3.78. The van der Waals surface area contributed by atoms with E-state index in [2.05, 4.69) is 0 Å². The largest absolute Gasteiger partial charge is 0.480 e. The fraction of sp³-hybridized carbons (Fsp3) is 0.500. The number of hydrogen-bond acceptors (Lipinski definition) is 4. The molecule has 0 aromatic carbocycles. The van der Waals surface area contributed by atoms with Crippen molar-refractivity contribution in [3.63, 3.8) is 0 Å². The van der Waals surface area contributed by atoms with Gasteiger partial charge in [-0.05, 0) is 24.8 Å². The topological polar surface area (TPSA) is 83.6 Å². The fourth-order valence-electron chi connectivity index (χ4n) is 1.59. The van der Waals surface area contributed by atoms with Gasteiger partial charge in [0.05, 0.1) is 0 Å². The van der Waals surface area contributed by atoms with E-state index in [1.54, 1.807) is 6.07 Å². The number of thiophene rings is 1. The molecule has 0 bridgehead atoms. The highest BCUT2D eigenvalue weighted by Gasteiger charge is 2.27. The molecular formula is C12H18N2O3S. The number of carbonyl (C=O) groups is 2. The van der Waals surface area contributed by atoms with Crippen LogP contribution in [0.4, 0.5) is 0 Å². The van der Waals surface area contributed by atoms with Gasteiger partial charge in [-0.25, -0.2) is 0 Å². The molecule has 100 valence electrons. The van der Waals surface area contributed by atoms with Crippen molar-refractivity contribution in [1.29, 1.82) is 0 Å². The van der Waals surface area contributed by atoms with E-state index in [0.29, 0.717) is 6.42 Å². The molecule has 0 saturated heterocycles. The first-order valence-electron chi connectivity index (χ1n) is 5.78. The quantitative estimate of drug-likeness (QED) is 0.819. The molecule has 0 radical (unpaired) electrons. The van der Waals surface area contributed by atoms with E-state index < -0.39 is 12.0 Å². The van der Waals surface area contributed by atoms with Crippen molar-refractivity contribution in [2.24, 2.45) is 5.73 Å². The Morgan fingerprint density at radius 3 is 2.67 bits per heavy atom. The zero-order valence-electron chi connectivity index (χ0n) is 10.5. The Morgan fingerprint density at radius 2 is 2.22 bits per heavy atom. The van der Waals surface area contributed by atoms with Gasteiger partial charge in [0.1, 0.15) is 12.6 Å². The fourth-order valence-corrected chi connectivity index (χ4v) is 2.30. The van der Waals surface area contributed by atoms with Crippen LogP contribution in [0.15, 0.2) is 17.5 Å². The minimum atomic E-state index is -1.03. The van der Waals surface area contributed by atoms with Crippen LogP contribution in [0.25, 0.3) is 0 Å². The van der Waals surface area contributed by atoms with Crippen LogP contribution in [0.1, 0.15) is 31.2 Å². The number of aliphatic carboxylic acids is 1. The average Bonchev–Trinajstić information content (AvgIpc) is 2.86. The van der Waals surface area contributed by atoms with Gasteiger partial charge < -0.3 is 15.7 Å². The molecule has 1 amide bonds. The molecule has 0 aliphatic heterocycles. The SMILES string of the molecule is CCC(C)N(CC(=O)O)C(=O)C(N)c1cccs1. The Morgan fingerprint density at radius 1 is 1.56 bits per heavy atom. The van der Waals surface area contributed by atoms with Gasteiger partial charge in [0, 0.05) is 10.9 Å². The molecule has 1 heterocycles. The van der Waals surface area contributed by atoms with E-state index in [4.69, 9.17) is 10.8 Å². The summed E-state index contributed by atoms with van der Waals surface area (Å²) < 4.78 is 0. The van der Waals surface area contributed by atoms with Crippen LogP contribution >= 0.6 is 11.3 Å². The predicted octanol–water partition coefficient (Wildman–Crippen LogP) is 1.46. The number of carboxylic acid groups (broad SMARTS) is 1. The minimum absolute atomic E-state index is 0.139. The van der Waals surface area contributed by atoms with E-state index in [-0.39, 0.29) is 18.5 Å². The van der Waals surface area contributed by atoms with Crippen molar-refractivity contribution in [2.45, 2.75) is 32.4 Å². The lowest BCUT2D eigenvalue weighted by Gasteiger charge is -2.29.